The maximum atomic E-state index is 13.0. The number of nitrogens with one attached hydrogen (secondary N) is 2. The van der Waals surface area contributed by atoms with Crippen molar-refractivity contribution in [2.45, 2.75) is 33.1 Å². The van der Waals surface area contributed by atoms with Gasteiger partial charge in [0, 0.05) is 31.2 Å². The predicted octanol–water partition coefficient (Wildman–Crippen LogP) is 2.94. The monoisotopic (exact) mass is 447 g/mol. The van der Waals surface area contributed by atoms with Gasteiger partial charge in [-0.1, -0.05) is 25.2 Å². The maximum Gasteiger partial charge on any atom is 0.286 e. The number of carbonyl (C=O) groups is 3. The van der Waals surface area contributed by atoms with E-state index in [4.69, 9.17) is 0 Å². The molecule has 2 N–H and O–H groups in total. The molecular weight excluding hydrogens is 421 g/mol. The molecule has 0 saturated carbocycles. The van der Waals surface area contributed by atoms with Crippen molar-refractivity contribution in [3.8, 4) is 0 Å². The number of aromatic nitrogens is 2. The fourth-order valence-electron chi connectivity index (χ4n) is 3.23. The molecule has 2 heterocycles. The number of hydrogen-bond acceptors (Lipinski definition) is 6. The lowest BCUT2D eigenvalue weighted by atomic mass is 9.95. The number of hydrogen-bond donors (Lipinski definition) is 2. The van der Waals surface area contributed by atoms with Gasteiger partial charge in [0.05, 0.1) is 0 Å². The number of rotatable bonds is 7. The van der Waals surface area contributed by atoms with Crippen LogP contribution in [-0.4, -0.2) is 52.5 Å². The molecule has 0 atom stereocenters. The molecule has 0 radical (unpaired) electrons. The molecule has 1 aliphatic heterocycles. The zero-order chi connectivity index (χ0) is 22.4. The van der Waals surface area contributed by atoms with Gasteiger partial charge in [-0.25, -0.2) is 4.39 Å². The first-order valence-corrected chi connectivity index (χ1v) is 11.1. The quantitative estimate of drug-likeness (QED) is 0.679. The van der Waals surface area contributed by atoms with Crippen LogP contribution in [-0.2, 0) is 4.79 Å². The standard InChI is InChI=1S/C21H26FN5O3S/c1-13(2)7-10-23-17(28)14-8-11-27(12-9-14)21(30)20-26-25-19(31-20)18(29)24-16-5-3-15(22)4-6-16/h3-6,13-14H,7-12H2,1-2H3,(H,23,28)(H,24,29). The smallest absolute Gasteiger partial charge is 0.286 e. The molecule has 1 saturated heterocycles. The van der Waals surface area contributed by atoms with Crippen LogP contribution < -0.4 is 10.6 Å². The van der Waals surface area contributed by atoms with E-state index in [1.165, 1.54) is 24.3 Å². The third-order valence-electron chi connectivity index (χ3n) is 5.08. The Morgan fingerprint density at radius 3 is 2.42 bits per heavy atom. The second-order valence-corrected chi connectivity index (χ2v) is 8.89. The Hall–Kier alpha value is -2.88. The lowest BCUT2D eigenvalue weighted by molar-refractivity contribution is -0.126. The van der Waals surface area contributed by atoms with Crippen LogP contribution >= 0.6 is 11.3 Å². The summed E-state index contributed by atoms with van der Waals surface area (Å²) in [5.41, 5.74) is 0.420. The van der Waals surface area contributed by atoms with Crippen molar-refractivity contribution in [3.05, 3.63) is 40.1 Å². The van der Waals surface area contributed by atoms with Crippen LogP contribution in [0.15, 0.2) is 24.3 Å². The molecule has 1 aromatic carbocycles. The summed E-state index contributed by atoms with van der Waals surface area (Å²) in [7, 11) is 0. The van der Waals surface area contributed by atoms with Crippen LogP contribution in [0.2, 0.25) is 0 Å². The number of benzene rings is 1. The van der Waals surface area contributed by atoms with Crippen molar-refractivity contribution in [1.82, 2.24) is 20.4 Å². The summed E-state index contributed by atoms with van der Waals surface area (Å²) in [6, 6.07) is 5.34. The Morgan fingerprint density at radius 1 is 1.13 bits per heavy atom. The highest BCUT2D eigenvalue weighted by Crippen LogP contribution is 2.21. The predicted molar refractivity (Wildman–Crippen MR) is 115 cm³/mol. The van der Waals surface area contributed by atoms with E-state index in [-0.39, 0.29) is 27.7 Å². The Morgan fingerprint density at radius 2 is 1.77 bits per heavy atom. The minimum absolute atomic E-state index is 0.0448. The molecule has 0 aliphatic carbocycles. The molecule has 1 aromatic heterocycles. The first kappa shape index (κ1) is 22.8. The number of halogens is 1. The van der Waals surface area contributed by atoms with E-state index in [0.29, 0.717) is 44.1 Å². The molecule has 10 heteroatoms. The van der Waals surface area contributed by atoms with Crippen molar-refractivity contribution < 1.29 is 18.8 Å². The highest BCUT2D eigenvalue weighted by atomic mass is 32.1. The normalized spacial score (nSPS) is 14.5. The second-order valence-electron chi connectivity index (χ2n) is 7.91. The molecule has 0 unspecified atom stereocenters. The van der Waals surface area contributed by atoms with Gasteiger partial charge in [0.15, 0.2) is 0 Å². The van der Waals surface area contributed by atoms with Gasteiger partial charge in [0.2, 0.25) is 15.9 Å². The number of amides is 3. The molecule has 1 aliphatic rings. The minimum atomic E-state index is -0.514. The molecule has 166 valence electrons. The van der Waals surface area contributed by atoms with Crippen molar-refractivity contribution in [3.63, 3.8) is 0 Å². The van der Waals surface area contributed by atoms with Gasteiger partial charge in [0.25, 0.3) is 11.8 Å². The molecule has 8 nitrogen and oxygen atoms in total. The van der Waals surface area contributed by atoms with Gasteiger partial charge >= 0.3 is 0 Å². The van der Waals surface area contributed by atoms with Gasteiger partial charge in [-0.05, 0) is 49.4 Å². The number of carbonyl (C=O) groups excluding carboxylic acids is 3. The fraction of sp³-hybridized carbons (Fsp3) is 0.476. The molecule has 1 fully saturated rings. The summed E-state index contributed by atoms with van der Waals surface area (Å²) in [6.07, 6.45) is 2.13. The summed E-state index contributed by atoms with van der Waals surface area (Å²) in [5.74, 6) is -0.726. The van der Waals surface area contributed by atoms with Crippen molar-refractivity contribution in [2.24, 2.45) is 11.8 Å². The second kappa shape index (κ2) is 10.4. The van der Waals surface area contributed by atoms with E-state index >= 15 is 0 Å². The maximum absolute atomic E-state index is 13.0. The van der Waals surface area contributed by atoms with Crippen LogP contribution in [0.3, 0.4) is 0 Å². The minimum Gasteiger partial charge on any atom is -0.356 e. The van der Waals surface area contributed by atoms with Crippen LogP contribution in [0.4, 0.5) is 10.1 Å². The van der Waals surface area contributed by atoms with Gasteiger partial charge in [-0.15, -0.1) is 10.2 Å². The van der Waals surface area contributed by atoms with Gasteiger partial charge < -0.3 is 15.5 Å². The number of piperidine rings is 1. The highest BCUT2D eigenvalue weighted by molar-refractivity contribution is 7.15. The summed E-state index contributed by atoms with van der Waals surface area (Å²) >= 11 is 0.907. The van der Waals surface area contributed by atoms with Crippen LogP contribution in [0.1, 0.15) is 52.7 Å². The van der Waals surface area contributed by atoms with E-state index < -0.39 is 11.7 Å². The first-order valence-electron chi connectivity index (χ1n) is 10.3. The van der Waals surface area contributed by atoms with Crippen molar-refractivity contribution in [1.29, 1.82) is 0 Å². The Kier molecular flexibility index (Phi) is 7.67. The molecular formula is C21H26FN5O3S. The van der Waals surface area contributed by atoms with E-state index in [2.05, 4.69) is 34.7 Å². The Balaban J connectivity index is 1.50. The molecule has 3 rings (SSSR count). The number of nitrogens with zero attached hydrogens (tertiary/aromatic N) is 3. The Labute approximate surface area is 184 Å². The molecule has 31 heavy (non-hydrogen) atoms. The average molecular weight is 448 g/mol. The van der Waals surface area contributed by atoms with E-state index in [0.717, 1.165) is 17.8 Å². The van der Waals surface area contributed by atoms with E-state index in [9.17, 15) is 18.8 Å². The molecule has 2 aromatic rings. The summed E-state index contributed by atoms with van der Waals surface area (Å²) < 4.78 is 13.0. The molecule has 3 amide bonds. The number of likely N-dealkylation sites (tertiary alicyclic amines) is 1. The summed E-state index contributed by atoms with van der Waals surface area (Å²) in [6.45, 7) is 5.81. The van der Waals surface area contributed by atoms with Gasteiger partial charge in [-0.2, -0.15) is 0 Å². The zero-order valence-electron chi connectivity index (χ0n) is 17.6. The van der Waals surface area contributed by atoms with Crippen molar-refractivity contribution >= 4 is 34.7 Å². The lowest BCUT2D eigenvalue weighted by Crippen LogP contribution is -2.43. The summed E-state index contributed by atoms with van der Waals surface area (Å²) in [4.78, 5) is 38.9. The third kappa shape index (κ3) is 6.30. The van der Waals surface area contributed by atoms with E-state index in [1.54, 1.807) is 4.90 Å². The first-order chi connectivity index (χ1) is 14.8. The summed E-state index contributed by atoms with van der Waals surface area (Å²) in [5, 5.41) is 13.4. The van der Waals surface area contributed by atoms with Crippen LogP contribution in [0, 0.1) is 17.7 Å². The Bertz CT molecular complexity index is 923. The highest BCUT2D eigenvalue weighted by Gasteiger charge is 2.29. The largest absolute Gasteiger partial charge is 0.356 e. The topological polar surface area (TPSA) is 104 Å². The third-order valence-corrected chi connectivity index (χ3v) is 5.99. The zero-order valence-corrected chi connectivity index (χ0v) is 18.4. The van der Waals surface area contributed by atoms with E-state index in [1.807, 2.05) is 0 Å². The van der Waals surface area contributed by atoms with Crippen LogP contribution in [0.5, 0.6) is 0 Å². The number of anilines is 1. The van der Waals surface area contributed by atoms with Crippen molar-refractivity contribution in [2.75, 3.05) is 25.0 Å². The molecule has 0 bridgehead atoms. The van der Waals surface area contributed by atoms with Gasteiger partial charge in [-0.3, -0.25) is 14.4 Å². The lowest BCUT2D eigenvalue weighted by Gasteiger charge is -2.30. The van der Waals surface area contributed by atoms with Gasteiger partial charge in [0.1, 0.15) is 5.82 Å². The SMILES string of the molecule is CC(C)CCNC(=O)C1CCN(C(=O)c2nnc(C(=O)Nc3ccc(F)cc3)s2)CC1. The van der Waals surface area contributed by atoms with Crippen LogP contribution in [0.25, 0.3) is 0 Å². The average Bonchev–Trinajstić information content (AvgIpc) is 3.25. The molecule has 0 spiro atoms. The fourth-order valence-corrected chi connectivity index (χ4v) is 3.93.